The van der Waals surface area contributed by atoms with E-state index < -0.39 is 0 Å². The molecule has 0 aromatic heterocycles. The lowest BCUT2D eigenvalue weighted by molar-refractivity contribution is -0.151. The molecule has 5 heteroatoms. The van der Waals surface area contributed by atoms with Gasteiger partial charge in [0.1, 0.15) is 29.6 Å². The Labute approximate surface area is 136 Å². The number of carbonyl (C=O) groups excluding carboxylic acids is 1. The van der Waals surface area contributed by atoms with Crippen molar-refractivity contribution in [3.8, 4) is 17.2 Å². The number of ketones is 1. The van der Waals surface area contributed by atoms with Gasteiger partial charge in [0.15, 0.2) is 0 Å². The highest BCUT2D eigenvalue weighted by molar-refractivity contribution is 5.86. The van der Waals surface area contributed by atoms with E-state index >= 15 is 0 Å². The van der Waals surface area contributed by atoms with E-state index in [1.165, 1.54) is 12.1 Å². The largest absolute Gasteiger partial charge is 0.507 e. The van der Waals surface area contributed by atoms with Gasteiger partial charge in [-0.15, -0.1) is 0 Å². The molecule has 126 valence electrons. The summed E-state index contributed by atoms with van der Waals surface area (Å²) in [6, 6.07) is 3.01. The fraction of sp³-hybridized carbons (Fsp3) is 0.611. The normalized spacial score (nSPS) is 28.3. The topological polar surface area (TPSA) is 76.0 Å². The second-order valence-electron chi connectivity index (χ2n) is 7.21. The van der Waals surface area contributed by atoms with Gasteiger partial charge in [0, 0.05) is 43.1 Å². The predicted molar refractivity (Wildman–Crippen MR) is 84.9 cm³/mol. The van der Waals surface area contributed by atoms with Gasteiger partial charge in [-0.3, -0.25) is 4.79 Å². The van der Waals surface area contributed by atoms with Crippen molar-refractivity contribution < 1.29 is 24.5 Å². The zero-order chi connectivity index (χ0) is 16.8. The Bertz CT molecular complexity index is 599. The average molecular weight is 320 g/mol. The van der Waals surface area contributed by atoms with Crippen LogP contribution >= 0.6 is 0 Å². The van der Waals surface area contributed by atoms with Gasteiger partial charge in [0.25, 0.3) is 0 Å². The van der Waals surface area contributed by atoms with E-state index in [0.717, 1.165) is 6.42 Å². The van der Waals surface area contributed by atoms with Gasteiger partial charge in [-0.1, -0.05) is 13.8 Å². The molecule has 0 aliphatic heterocycles. The van der Waals surface area contributed by atoms with Crippen molar-refractivity contribution in [2.24, 2.45) is 17.3 Å². The van der Waals surface area contributed by atoms with Crippen LogP contribution in [0.2, 0.25) is 0 Å². The van der Waals surface area contributed by atoms with Gasteiger partial charge in [-0.2, -0.15) is 0 Å². The summed E-state index contributed by atoms with van der Waals surface area (Å²) < 4.78 is 10.3. The van der Waals surface area contributed by atoms with Gasteiger partial charge in [0.2, 0.25) is 0 Å². The number of carbonyl (C=O) groups is 1. The van der Waals surface area contributed by atoms with Crippen LogP contribution in [0.15, 0.2) is 12.1 Å². The number of ether oxygens (including phenoxy) is 2. The second kappa shape index (κ2) is 5.71. The average Bonchev–Trinajstić information content (AvgIpc) is 2.45. The van der Waals surface area contributed by atoms with Crippen molar-refractivity contribution in [1.29, 1.82) is 0 Å². The third-order valence-corrected chi connectivity index (χ3v) is 5.68. The van der Waals surface area contributed by atoms with Crippen LogP contribution in [-0.2, 0) is 9.53 Å². The Kier molecular flexibility index (Phi) is 4.00. The first kappa shape index (κ1) is 16.1. The van der Waals surface area contributed by atoms with Crippen molar-refractivity contribution in [3.63, 3.8) is 0 Å². The minimum atomic E-state index is -0.129. The van der Waals surface area contributed by atoms with E-state index in [2.05, 4.69) is 13.8 Å². The highest BCUT2D eigenvalue weighted by Gasteiger charge is 2.59. The number of rotatable bonds is 5. The third-order valence-electron chi connectivity index (χ3n) is 5.68. The molecule has 5 nitrogen and oxygen atoms in total. The minimum absolute atomic E-state index is 0.00336. The first-order valence-corrected chi connectivity index (χ1v) is 8.06. The molecule has 3 saturated carbocycles. The van der Waals surface area contributed by atoms with Crippen LogP contribution in [-0.4, -0.2) is 36.3 Å². The molecule has 3 aliphatic carbocycles. The van der Waals surface area contributed by atoms with Gasteiger partial charge in [0.05, 0.1) is 6.61 Å². The molecular formula is C18H24O5. The van der Waals surface area contributed by atoms with Crippen LogP contribution < -0.4 is 4.74 Å². The molecule has 1 aromatic rings. The number of phenolic OH excluding ortho intramolecular Hbond substituents is 2. The number of fused-ring (bicyclic) bond motifs is 2. The van der Waals surface area contributed by atoms with Crippen LogP contribution in [0.5, 0.6) is 17.2 Å². The van der Waals surface area contributed by atoms with E-state index in [4.69, 9.17) is 9.47 Å². The maximum atomic E-state index is 12.3. The number of phenols is 2. The Morgan fingerprint density at radius 2 is 1.87 bits per heavy atom. The lowest BCUT2D eigenvalue weighted by atomic mass is 9.44. The molecule has 0 spiro atoms. The molecule has 2 N–H and O–H groups in total. The van der Waals surface area contributed by atoms with E-state index in [-0.39, 0.29) is 34.5 Å². The molecule has 1 unspecified atom stereocenters. The van der Waals surface area contributed by atoms with E-state index in [1.807, 2.05) is 0 Å². The molecule has 0 saturated heterocycles. The van der Waals surface area contributed by atoms with Gasteiger partial charge in [-0.25, -0.2) is 0 Å². The second-order valence-corrected chi connectivity index (χ2v) is 7.21. The molecule has 0 radical (unpaired) electrons. The molecular weight excluding hydrogens is 296 g/mol. The van der Waals surface area contributed by atoms with E-state index in [0.29, 0.717) is 36.9 Å². The molecule has 4 rings (SSSR count). The summed E-state index contributed by atoms with van der Waals surface area (Å²) in [7, 11) is 1.58. The van der Waals surface area contributed by atoms with Crippen molar-refractivity contribution in [1.82, 2.24) is 0 Å². The lowest BCUT2D eigenvalue weighted by Crippen LogP contribution is -2.56. The standard InChI is InChI=1S/C18H24O5/c1-18(2)12-9-13(18)14(19)8-11(12)17-15(20)6-10(7-16(17)21)23-5-4-22-3/h6-7,11-13,20-21H,4-5,8-9H2,1-3H3/t11-,12?,13+/m1/s1. The minimum Gasteiger partial charge on any atom is -0.507 e. The number of Topliss-reactive ketones (excluding diaryl/α,β-unsaturated/α-hetero) is 1. The van der Waals surface area contributed by atoms with Crippen LogP contribution in [0.25, 0.3) is 0 Å². The molecule has 0 heterocycles. The van der Waals surface area contributed by atoms with Crippen molar-refractivity contribution in [3.05, 3.63) is 17.7 Å². The highest BCUT2D eigenvalue weighted by atomic mass is 16.5. The lowest BCUT2D eigenvalue weighted by Gasteiger charge is -2.59. The van der Waals surface area contributed by atoms with Crippen molar-refractivity contribution in [2.45, 2.75) is 32.6 Å². The monoisotopic (exact) mass is 320 g/mol. The van der Waals surface area contributed by atoms with Crippen LogP contribution in [0.4, 0.5) is 0 Å². The van der Waals surface area contributed by atoms with Gasteiger partial charge >= 0.3 is 0 Å². The van der Waals surface area contributed by atoms with E-state index in [9.17, 15) is 15.0 Å². The Morgan fingerprint density at radius 3 is 2.39 bits per heavy atom. The zero-order valence-electron chi connectivity index (χ0n) is 13.8. The van der Waals surface area contributed by atoms with E-state index in [1.54, 1.807) is 7.11 Å². The Balaban J connectivity index is 1.87. The summed E-state index contributed by atoms with van der Waals surface area (Å²) in [6.45, 7) is 4.98. The first-order valence-electron chi connectivity index (χ1n) is 8.06. The van der Waals surface area contributed by atoms with Gasteiger partial charge < -0.3 is 19.7 Å². The van der Waals surface area contributed by atoms with Crippen LogP contribution in [0.1, 0.15) is 38.2 Å². The Morgan fingerprint density at radius 1 is 1.22 bits per heavy atom. The molecule has 3 aliphatic rings. The summed E-state index contributed by atoms with van der Waals surface area (Å²) >= 11 is 0. The Hall–Kier alpha value is -1.75. The number of aromatic hydroxyl groups is 2. The first-order chi connectivity index (χ1) is 10.9. The van der Waals surface area contributed by atoms with Crippen LogP contribution in [0, 0.1) is 17.3 Å². The van der Waals surface area contributed by atoms with Crippen molar-refractivity contribution >= 4 is 5.78 Å². The number of hydrogen-bond donors (Lipinski definition) is 2. The fourth-order valence-electron chi connectivity index (χ4n) is 4.30. The predicted octanol–water partition coefficient (Wildman–Crippen LogP) is 2.84. The summed E-state index contributed by atoms with van der Waals surface area (Å²) in [5, 5.41) is 20.8. The maximum absolute atomic E-state index is 12.3. The van der Waals surface area contributed by atoms with Crippen molar-refractivity contribution in [2.75, 3.05) is 20.3 Å². The molecule has 23 heavy (non-hydrogen) atoms. The number of hydrogen-bond acceptors (Lipinski definition) is 5. The molecule has 3 fully saturated rings. The number of benzene rings is 1. The third kappa shape index (κ3) is 2.57. The fourth-order valence-corrected chi connectivity index (χ4v) is 4.30. The zero-order valence-corrected chi connectivity index (χ0v) is 13.8. The summed E-state index contributed by atoms with van der Waals surface area (Å²) in [5.74, 6) is 0.936. The smallest absolute Gasteiger partial charge is 0.137 e. The SMILES string of the molecule is COCCOc1cc(O)c([C@@H]2CC(=O)[C@@H]3CC2C3(C)C)c(O)c1. The van der Waals surface area contributed by atoms with Crippen LogP contribution in [0.3, 0.4) is 0 Å². The molecule has 1 aromatic carbocycles. The maximum Gasteiger partial charge on any atom is 0.137 e. The summed E-state index contributed by atoms with van der Waals surface area (Å²) in [5.41, 5.74) is 0.417. The molecule has 3 atom stereocenters. The summed E-state index contributed by atoms with van der Waals surface area (Å²) in [4.78, 5) is 12.3. The molecule has 2 bridgehead atoms. The highest BCUT2D eigenvalue weighted by Crippen LogP contribution is 2.64. The molecule has 0 amide bonds. The quantitative estimate of drug-likeness (QED) is 0.816. The summed E-state index contributed by atoms with van der Waals surface area (Å²) in [6.07, 6.45) is 1.24. The van der Waals surface area contributed by atoms with Gasteiger partial charge in [-0.05, 0) is 17.8 Å². The number of methoxy groups -OCH3 is 1.